The molecule has 0 amide bonds. The Bertz CT molecular complexity index is 695. The zero-order chi connectivity index (χ0) is 16.2. The van der Waals surface area contributed by atoms with Gasteiger partial charge in [0, 0.05) is 0 Å². The molecule has 0 unspecified atom stereocenters. The summed E-state index contributed by atoms with van der Waals surface area (Å²) in [6.45, 7) is 5.80. The monoisotopic (exact) mass is 340 g/mol. The maximum absolute atomic E-state index is 12.9. The fraction of sp³-hybridized carbons (Fsp3) is 0.467. The summed E-state index contributed by atoms with van der Waals surface area (Å²) in [4.78, 5) is 1.67. The lowest BCUT2D eigenvalue weighted by Gasteiger charge is -2.22. The van der Waals surface area contributed by atoms with E-state index in [1.807, 2.05) is 6.92 Å². The summed E-state index contributed by atoms with van der Waals surface area (Å²) in [6.07, 6.45) is -0.414. The van der Waals surface area contributed by atoms with E-state index < -0.39 is 6.10 Å². The number of nitrogens with zero attached hydrogens (tertiary/aromatic N) is 2. The van der Waals surface area contributed by atoms with Crippen LogP contribution in [0.5, 0.6) is 5.75 Å². The summed E-state index contributed by atoms with van der Waals surface area (Å²) >= 11 is 5.23. The molecule has 0 aliphatic carbocycles. The molecule has 1 atom stereocenters. The second-order valence-electron chi connectivity index (χ2n) is 5.44. The number of benzene rings is 1. The lowest BCUT2D eigenvalue weighted by molar-refractivity contribution is -0.931. The van der Waals surface area contributed by atoms with Crippen LogP contribution in [0.2, 0.25) is 0 Å². The van der Waals surface area contributed by atoms with E-state index in [9.17, 15) is 4.39 Å². The number of hydrogen-bond acceptors (Lipinski definition) is 5. The number of ether oxygens (including phenoxy) is 2. The van der Waals surface area contributed by atoms with Gasteiger partial charge in [0.05, 0.1) is 13.2 Å². The lowest BCUT2D eigenvalue weighted by Crippen LogP contribution is -3.13. The molecule has 0 radical (unpaired) electrons. The van der Waals surface area contributed by atoms with Crippen molar-refractivity contribution in [2.45, 2.75) is 19.7 Å². The molecule has 3 rings (SSSR count). The molecule has 1 aliphatic heterocycles. The highest BCUT2D eigenvalue weighted by Gasteiger charge is 2.19. The molecule has 2 heterocycles. The van der Waals surface area contributed by atoms with Crippen molar-refractivity contribution in [1.29, 1.82) is 0 Å². The fourth-order valence-corrected chi connectivity index (χ4v) is 2.57. The van der Waals surface area contributed by atoms with Gasteiger partial charge in [-0.25, -0.2) is 4.39 Å². The molecule has 23 heavy (non-hydrogen) atoms. The first-order chi connectivity index (χ1) is 11.1. The van der Waals surface area contributed by atoms with Gasteiger partial charge in [-0.05, 0) is 43.4 Å². The van der Waals surface area contributed by atoms with Crippen LogP contribution in [0, 0.1) is 10.7 Å². The summed E-state index contributed by atoms with van der Waals surface area (Å²) < 4.78 is 31.2. The SMILES string of the molecule is C[C@@H](Oc1ccc(F)cc1)c1nn(C[NH+]2CCOCC2)c(=S)o1. The Morgan fingerprint density at radius 1 is 1.35 bits per heavy atom. The highest BCUT2D eigenvalue weighted by atomic mass is 32.1. The van der Waals surface area contributed by atoms with Gasteiger partial charge in [0.25, 0.3) is 10.7 Å². The summed E-state index contributed by atoms with van der Waals surface area (Å²) in [5, 5.41) is 4.40. The largest absolute Gasteiger partial charge is 0.481 e. The Balaban J connectivity index is 1.66. The highest BCUT2D eigenvalue weighted by Crippen LogP contribution is 2.20. The van der Waals surface area contributed by atoms with E-state index in [4.69, 9.17) is 26.1 Å². The van der Waals surface area contributed by atoms with Gasteiger partial charge in [0.15, 0.2) is 12.8 Å². The van der Waals surface area contributed by atoms with Gasteiger partial charge < -0.3 is 18.8 Å². The van der Waals surface area contributed by atoms with E-state index in [1.54, 1.807) is 16.8 Å². The van der Waals surface area contributed by atoms with Crippen molar-refractivity contribution >= 4 is 12.2 Å². The molecule has 1 aliphatic rings. The van der Waals surface area contributed by atoms with E-state index in [2.05, 4.69) is 5.10 Å². The topological polar surface area (TPSA) is 53.9 Å². The normalized spacial score (nSPS) is 17.1. The van der Waals surface area contributed by atoms with Crippen LogP contribution in [0.4, 0.5) is 4.39 Å². The number of aromatic nitrogens is 2. The van der Waals surface area contributed by atoms with E-state index in [-0.39, 0.29) is 5.82 Å². The number of rotatable bonds is 5. The average Bonchev–Trinajstić information content (AvgIpc) is 2.92. The van der Waals surface area contributed by atoms with Crippen molar-refractivity contribution < 1.29 is 23.2 Å². The van der Waals surface area contributed by atoms with Gasteiger partial charge in [0.2, 0.25) is 0 Å². The van der Waals surface area contributed by atoms with Crippen LogP contribution < -0.4 is 9.64 Å². The predicted molar refractivity (Wildman–Crippen MR) is 82.3 cm³/mol. The quantitative estimate of drug-likeness (QED) is 0.833. The maximum atomic E-state index is 12.9. The first-order valence-corrected chi connectivity index (χ1v) is 7.94. The fourth-order valence-electron chi connectivity index (χ4n) is 2.38. The standard InChI is InChI=1S/C15H18FN3O3S/c1-11(21-13-4-2-12(16)3-5-13)14-17-19(15(23)22-14)10-18-6-8-20-9-7-18/h2-5,11H,6-10H2,1H3/p+1/t11-/m1/s1. The Hall–Kier alpha value is -1.77. The summed E-state index contributed by atoms with van der Waals surface area (Å²) in [7, 11) is 0. The number of morpholine rings is 1. The van der Waals surface area contributed by atoms with Crippen LogP contribution in [0.1, 0.15) is 18.9 Å². The molecule has 2 aromatic rings. The molecule has 1 aromatic carbocycles. The Labute approximate surface area is 138 Å². The Morgan fingerprint density at radius 3 is 2.74 bits per heavy atom. The molecular formula is C15H19FN3O3S+. The maximum Gasteiger partial charge on any atom is 0.292 e. The first kappa shape index (κ1) is 16.1. The first-order valence-electron chi connectivity index (χ1n) is 7.53. The third-order valence-electron chi connectivity index (χ3n) is 3.67. The number of hydrogen-bond donors (Lipinski definition) is 1. The van der Waals surface area contributed by atoms with Crippen molar-refractivity contribution in [3.63, 3.8) is 0 Å². The number of halogens is 1. The average molecular weight is 340 g/mol. The van der Waals surface area contributed by atoms with E-state index in [0.717, 1.165) is 26.3 Å². The van der Waals surface area contributed by atoms with Crippen LogP contribution in [-0.4, -0.2) is 36.1 Å². The smallest absolute Gasteiger partial charge is 0.292 e. The molecule has 6 nitrogen and oxygen atoms in total. The van der Waals surface area contributed by atoms with Gasteiger partial charge >= 0.3 is 0 Å². The zero-order valence-corrected chi connectivity index (χ0v) is 13.6. The second-order valence-corrected chi connectivity index (χ2v) is 5.79. The van der Waals surface area contributed by atoms with Gasteiger partial charge in [0.1, 0.15) is 24.7 Å². The van der Waals surface area contributed by atoms with Crippen LogP contribution in [0.3, 0.4) is 0 Å². The number of quaternary nitrogens is 1. The molecule has 1 saturated heterocycles. The predicted octanol–water partition coefficient (Wildman–Crippen LogP) is 1.36. The molecule has 1 aromatic heterocycles. The van der Waals surface area contributed by atoms with E-state index in [0.29, 0.717) is 23.1 Å². The van der Waals surface area contributed by atoms with Crippen molar-refractivity contribution in [2.24, 2.45) is 0 Å². The molecule has 1 fully saturated rings. The molecular weight excluding hydrogens is 321 g/mol. The van der Waals surface area contributed by atoms with Crippen LogP contribution in [-0.2, 0) is 11.4 Å². The summed E-state index contributed by atoms with van der Waals surface area (Å²) in [5.74, 6) is 0.653. The van der Waals surface area contributed by atoms with Crippen molar-refractivity contribution in [3.05, 3.63) is 40.8 Å². The molecule has 0 spiro atoms. The molecule has 1 N–H and O–H groups in total. The van der Waals surface area contributed by atoms with Crippen LogP contribution in [0.25, 0.3) is 0 Å². The van der Waals surface area contributed by atoms with Gasteiger partial charge in [-0.3, -0.25) is 0 Å². The Morgan fingerprint density at radius 2 is 2.04 bits per heavy atom. The lowest BCUT2D eigenvalue weighted by atomic mass is 10.3. The third kappa shape index (κ3) is 4.15. The summed E-state index contributed by atoms with van der Waals surface area (Å²) in [6, 6.07) is 5.82. The number of nitrogens with one attached hydrogen (secondary N) is 1. The molecule has 8 heteroatoms. The van der Waals surface area contributed by atoms with Crippen molar-refractivity contribution in [2.75, 3.05) is 26.3 Å². The minimum atomic E-state index is -0.414. The van der Waals surface area contributed by atoms with Crippen molar-refractivity contribution in [1.82, 2.24) is 9.78 Å². The van der Waals surface area contributed by atoms with Crippen LogP contribution in [0.15, 0.2) is 28.7 Å². The Kier molecular flexibility index (Phi) is 5.04. The summed E-state index contributed by atoms with van der Waals surface area (Å²) in [5.41, 5.74) is 0. The highest BCUT2D eigenvalue weighted by molar-refractivity contribution is 7.71. The van der Waals surface area contributed by atoms with Gasteiger partial charge in [-0.15, -0.1) is 5.10 Å². The van der Waals surface area contributed by atoms with E-state index in [1.165, 1.54) is 17.0 Å². The van der Waals surface area contributed by atoms with Gasteiger partial charge in [-0.1, -0.05) is 0 Å². The minimum Gasteiger partial charge on any atom is -0.481 e. The zero-order valence-electron chi connectivity index (χ0n) is 12.8. The third-order valence-corrected chi connectivity index (χ3v) is 3.96. The molecule has 0 bridgehead atoms. The molecule has 0 saturated carbocycles. The van der Waals surface area contributed by atoms with E-state index >= 15 is 0 Å². The van der Waals surface area contributed by atoms with Gasteiger partial charge in [-0.2, -0.15) is 4.68 Å². The molecule has 124 valence electrons. The van der Waals surface area contributed by atoms with Crippen LogP contribution >= 0.6 is 12.2 Å². The van der Waals surface area contributed by atoms with Crippen molar-refractivity contribution in [3.8, 4) is 5.75 Å². The second kappa shape index (κ2) is 7.20. The minimum absolute atomic E-state index is 0.305.